The van der Waals surface area contributed by atoms with Gasteiger partial charge in [-0.3, -0.25) is 4.79 Å². The van der Waals surface area contributed by atoms with Crippen molar-refractivity contribution in [1.82, 2.24) is 19.8 Å². The first-order chi connectivity index (χ1) is 10.1. The maximum Gasteiger partial charge on any atom is 0.271 e. The minimum absolute atomic E-state index is 0.0540. The number of hydrogen-bond donors (Lipinski definition) is 2. The fraction of sp³-hybridized carbons (Fsp3) is 0.733. The van der Waals surface area contributed by atoms with Crippen molar-refractivity contribution in [2.45, 2.75) is 39.3 Å². The average molecular weight is 291 g/mol. The molecule has 1 saturated heterocycles. The van der Waals surface area contributed by atoms with E-state index in [1.54, 1.807) is 0 Å². The van der Waals surface area contributed by atoms with E-state index in [-0.39, 0.29) is 5.91 Å². The van der Waals surface area contributed by atoms with E-state index in [1.165, 1.54) is 6.42 Å². The van der Waals surface area contributed by atoms with Crippen LogP contribution >= 0.6 is 0 Å². The standard InChI is InChI=1S/C15H25N5O/c1-11(2)19-7-4-12(9-19)8-17-14(21)13-10-20-6-3-5-16-15(20)18-13/h10-12H,3-9H2,1-2H3,(H,16,18)(H,17,21). The number of aromatic nitrogens is 2. The first kappa shape index (κ1) is 14.4. The Morgan fingerprint density at radius 1 is 1.52 bits per heavy atom. The Balaban J connectivity index is 1.51. The van der Waals surface area contributed by atoms with Crippen LogP contribution in [0.25, 0.3) is 0 Å². The van der Waals surface area contributed by atoms with Gasteiger partial charge in [-0.2, -0.15) is 0 Å². The van der Waals surface area contributed by atoms with E-state index in [0.29, 0.717) is 17.7 Å². The van der Waals surface area contributed by atoms with Gasteiger partial charge in [-0.05, 0) is 39.2 Å². The minimum Gasteiger partial charge on any atom is -0.356 e. The predicted octanol–water partition coefficient (Wildman–Crippen LogP) is 1.16. The Bertz CT molecular complexity index is 487. The monoisotopic (exact) mass is 291 g/mol. The summed E-state index contributed by atoms with van der Waals surface area (Å²) in [5, 5.41) is 6.26. The Morgan fingerprint density at radius 2 is 2.38 bits per heavy atom. The first-order valence-corrected chi connectivity index (χ1v) is 7.97. The number of carbonyl (C=O) groups is 1. The summed E-state index contributed by atoms with van der Waals surface area (Å²) >= 11 is 0. The summed E-state index contributed by atoms with van der Waals surface area (Å²) in [6.07, 6.45) is 4.10. The maximum absolute atomic E-state index is 12.2. The molecule has 0 radical (unpaired) electrons. The molecular formula is C15H25N5O. The Kier molecular flexibility index (Phi) is 4.14. The number of rotatable bonds is 4. The van der Waals surface area contributed by atoms with Gasteiger partial charge in [0.2, 0.25) is 5.95 Å². The van der Waals surface area contributed by atoms with Gasteiger partial charge in [-0.1, -0.05) is 0 Å². The van der Waals surface area contributed by atoms with Gasteiger partial charge in [0.25, 0.3) is 5.91 Å². The lowest BCUT2D eigenvalue weighted by molar-refractivity contribution is 0.0942. The number of carbonyl (C=O) groups excluding carboxylic acids is 1. The number of aryl methyl sites for hydroxylation is 1. The number of nitrogens with zero attached hydrogens (tertiary/aromatic N) is 3. The first-order valence-electron chi connectivity index (χ1n) is 7.97. The number of hydrogen-bond acceptors (Lipinski definition) is 4. The van der Waals surface area contributed by atoms with E-state index in [0.717, 1.165) is 45.1 Å². The fourth-order valence-electron chi connectivity index (χ4n) is 3.11. The van der Waals surface area contributed by atoms with Crippen molar-refractivity contribution in [3.05, 3.63) is 11.9 Å². The number of nitrogens with one attached hydrogen (secondary N) is 2. The summed E-state index contributed by atoms with van der Waals surface area (Å²) in [5.41, 5.74) is 0.526. The van der Waals surface area contributed by atoms with Gasteiger partial charge in [0.05, 0.1) is 0 Å². The van der Waals surface area contributed by atoms with Gasteiger partial charge in [-0.25, -0.2) is 4.98 Å². The molecule has 1 amide bonds. The van der Waals surface area contributed by atoms with Crippen molar-refractivity contribution < 1.29 is 4.79 Å². The summed E-state index contributed by atoms with van der Waals surface area (Å²) in [6.45, 7) is 9.30. The molecule has 3 rings (SSSR count). The third-order valence-corrected chi connectivity index (χ3v) is 4.47. The van der Waals surface area contributed by atoms with Gasteiger partial charge < -0.3 is 20.1 Å². The third-order valence-electron chi connectivity index (χ3n) is 4.47. The SMILES string of the molecule is CC(C)N1CCC(CNC(=O)c2cn3c(n2)NCCC3)C1. The van der Waals surface area contributed by atoms with E-state index in [1.807, 2.05) is 10.8 Å². The minimum atomic E-state index is -0.0540. The van der Waals surface area contributed by atoms with Crippen LogP contribution in [0.5, 0.6) is 0 Å². The predicted molar refractivity (Wildman–Crippen MR) is 82.5 cm³/mol. The Morgan fingerprint density at radius 3 is 3.10 bits per heavy atom. The molecule has 1 aromatic rings. The van der Waals surface area contributed by atoms with Crippen molar-refractivity contribution in [3.8, 4) is 0 Å². The summed E-state index contributed by atoms with van der Waals surface area (Å²) in [6, 6.07) is 0.594. The molecule has 0 spiro atoms. The van der Waals surface area contributed by atoms with E-state index >= 15 is 0 Å². The van der Waals surface area contributed by atoms with Crippen molar-refractivity contribution >= 4 is 11.9 Å². The van der Waals surface area contributed by atoms with Crippen LogP contribution in [0, 0.1) is 5.92 Å². The molecule has 1 atom stereocenters. The molecule has 116 valence electrons. The van der Waals surface area contributed by atoms with E-state index in [9.17, 15) is 4.79 Å². The number of imidazole rings is 1. The van der Waals surface area contributed by atoms with Crippen LogP contribution in [0.2, 0.25) is 0 Å². The van der Waals surface area contributed by atoms with Crippen LogP contribution in [0.15, 0.2) is 6.20 Å². The van der Waals surface area contributed by atoms with E-state index in [2.05, 4.69) is 34.4 Å². The van der Waals surface area contributed by atoms with Crippen LogP contribution < -0.4 is 10.6 Å². The lowest BCUT2D eigenvalue weighted by Gasteiger charge is -2.20. The molecule has 1 aromatic heterocycles. The van der Waals surface area contributed by atoms with Gasteiger partial charge in [0.15, 0.2) is 0 Å². The number of fused-ring (bicyclic) bond motifs is 1. The third kappa shape index (κ3) is 3.20. The van der Waals surface area contributed by atoms with Gasteiger partial charge in [-0.15, -0.1) is 0 Å². The fourth-order valence-corrected chi connectivity index (χ4v) is 3.11. The highest BCUT2D eigenvalue weighted by Crippen LogP contribution is 2.18. The smallest absolute Gasteiger partial charge is 0.271 e. The molecule has 0 aromatic carbocycles. The number of likely N-dealkylation sites (tertiary alicyclic amines) is 1. The Hall–Kier alpha value is -1.56. The van der Waals surface area contributed by atoms with Crippen molar-refractivity contribution in [1.29, 1.82) is 0 Å². The molecule has 1 unspecified atom stereocenters. The van der Waals surface area contributed by atoms with Crippen LogP contribution in [0.1, 0.15) is 37.2 Å². The zero-order valence-corrected chi connectivity index (χ0v) is 12.9. The van der Waals surface area contributed by atoms with Gasteiger partial charge >= 0.3 is 0 Å². The normalized spacial score (nSPS) is 22.1. The largest absolute Gasteiger partial charge is 0.356 e. The van der Waals surface area contributed by atoms with Crippen LogP contribution in [-0.4, -0.2) is 52.6 Å². The lowest BCUT2D eigenvalue weighted by Crippen LogP contribution is -2.33. The molecule has 0 aliphatic carbocycles. The van der Waals surface area contributed by atoms with Crippen LogP contribution in [0.3, 0.4) is 0 Å². The highest BCUT2D eigenvalue weighted by atomic mass is 16.1. The van der Waals surface area contributed by atoms with Crippen LogP contribution in [-0.2, 0) is 6.54 Å². The second kappa shape index (κ2) is 6.05. The number of anilines is 1. The van der Waals surface area contributed by atoms with Gasteiger partial charge in [0, 0.05) is 38.4 Å². The molecule has 3 heterocycles. The molecule has 6 nitrogen and oxygen atoms in total. The molecular weight excluding hydrogens is 266 g/mol. The van der Waals surface area contributed by atoms with Gasteiger partial charge in [0.1, 0.15) is 5.69 Å². The zero-order valence-electron chi connectivity index (χ0n) is 12.9. The molecule has 2 N–H and O–H groups in total. The molecule has 1 fully saturated rings. The Labute approximate surface area is 125 Å². The van der Waals surface area contributed by atoms with Crippen molar-refractivity contribution in [3.63, 3.8) is 0 Å². The molecule has 0 saturated carbocycles. The summed E-state index contributed by atoms with van der Waals surface area (Å²) in [7, 11) is 0. The molecule has 21 heavy (non-hydrogen) atoms. The summed E-state index contributed by atoms with van der Waals surface area (Å²) in [5.74, 6) is 1.33. The van der Waals surface area contributed by atoms with Crippen LogP contribution in [0.4, 0.5) is 5.95 Å². The molecule has 2 aliphatic heterocycles. The van der Waals surface area contributed by atoms with Crippen molar-refractivity contribution in [2.24, 2.45) is 5.92 Å². The average Bonchev–Trinajstić information content (AvgIpc) is 3.11. The second-order valence-corrected chi connectivity index (χ2v) is 6.38. The molecule has 0 bridgehead atoms. The zero-order chi connectivity index (χ0) is 14.8. The molecule has 6 heteroatoms. The molecule has 2 aliphatic rings. The number of amides is 1. The summed E-state index contributed by atoms with van der Waals surface area (Å²) in [4.78, 5) is 19.0. The topological polar surface area (TPSA) is 62.2 Å². The quantitative estimate of drug-likeness (QED) is 0.874. The van der Waals surface area contributed by atoms with E-state index < -0.39 is 0 Å². The maximum atomic E-state index is 12.2. The summed E-state index contributed by atoms with van der Waals surface area (Å²) < 4.78 is 2.02. The van der Waals surface area contributed by atoms with Crippen molar-refractivity contribution in [2.75, 3.05) is 31.5 Å². The highest BCUT2D eigenvalue weighted by Gasteiger charge is 2.25. The second-order valence-electron chi connectivity index (χ2n) is 6.38. The highest BCUT2D eigenvalue weighted by molar-refractivity contribution is 5.92. The van der Waals surface area contributed by atoms with E-state index in [4.69, 9.17) is 0 Å². The lowest BCUT2D eigenvalue weighted by atomic mass is 10.1.